The van der Waals surface area contributed by atoms with Crippen molar-refractivity contribution in [2.24, 2.45) is 0 Å². The van der Waals surface area contributed by atoms with Crippen LogP contribution in [0.25, 0.3) is 66.9 Å². The lowest BCUT2D eigenvalue weighted by atomic mass is 9.62. The van der Waals surface area contributed by atoms with Gasteiger partial charge in [0.25, 0.3) is 0 Å². The zero-order valence-electron chi connectivity index (χ0n) is 29.5. The maximum absolute atomic E-state index is 7.08. The molecule has 2 aliphatic carbocycles. The van der Waals surface area contributed by atoms with E-state index in [0.717, 1.165) is 62.1 Å². The smallest absolute Gasteiger partial charge is 0.161 e. The SMILES string of the molecule is C1=CCC2Oc3c(-c4ccc(-c5ccccc5-c5nc(-c6ccccc6)c6ccccc6n5)cc4)cccc3C3(C2=C1)c1ccccc1-c1ccccc13. The molecule has 3 aliphatic rings. The third-order valence-corrected chi connectivity index (χ3v) is 11.5. The molecule has 0 amide bonds. The van der Waals surface area contributed by atoms with E-state index in [1.54, 1.807) is 0 Å². The fraction of sp³-hybridized carbons (Fsp3) is 0.0588. The largest absolute Gasteiger partial charge is 0.485 e. The summed E-state index contributed by atoms with van der Waals surface area (Å²) in [6.07, 6.45) is 7.52. The Morgan fingerprint density at radius 2 is 1.07 bits per heavy atom. The summed E-state index contributed by atoms with van der Waals surface area (Å²) < 4.78 is 7.08. The number of nitrogens with zero attached hydrogens (tertiary/aromatic N) is 2. The van der Waals surface area contributed by atoms with E-state index in [1.807, 2.05) is 12.1 Å². The first-order valence-electron chi connectivity index (χ1n) is 18.7. The van der Waals surface area contributed by atoms with Crippen LogP contribution in [0.4, 0.5) is 0 Å². The lowest BCUT2D eigenvalue weighted by Gasteiger charge is -2.45. The van der Waals surface area contributed by atoms with E-state index in [4.69, 9.17) is 14.7 Å². The van der Waals surface area contributed by atoms with Gasteiger partial charge in [-0.2, -0.15) is 0 Å². The number of benzene rings is 7. The molecule has 2 heterocycles. The normalized spacial score (nSPS) is 15.9. The average Bonchev–Trinajstić information content (AvgIpc) is 3.54. The third-order valence-electron chi connectivity index (χ3n) is 11.5. The lowest BCUT2D eigenvalue weighted by Crippen LogP contribution is -2.42. The Balaban J connectivity index is 1.04. The van der Waals surface area contributed by atoms with Gasteiger partial charge in [0.15, 0.2) is 5.82 Å². The molecule has 1 unspecified atom stereocenters. The van der Waals surface area contributed by atoms with Gasteiger partial charge in [0.05, 0.1) is 16.6 Å². The second-order valence-electron chi connectivity index (χ2n) is 14.3. The minimum atomic E-state index is -0.427. The zero-order valence-corrected chi connectivity index (χ0v) is 29.5. The van der Waals surface area contributed by atoms with Gasteiger partial charge in [-0.1, -0.05) is 182 Å². The topological polar surface area (TPSA) is 35.0 Å². The van der Waals surface area contributed by atoms with Crippen molar-refractivity contribution in [1.29, 1.82) is 0 Å². The number of fused-ring (bicyclic) bond motifs is 10. The summed E-state index contributed by atoms with van der Waals surface area (Å²) in [4.78, 5) is 10.3. The van der Waals surface area contributed by atoms with Gasteiger partial charge in [-0.15, -0.1) is 0 Å². The first kappa shape index (κ1) is 30.8. The highest BCUT2D eigenvalue weighted by Crippen LogP contribution is 2.62. The molecule has 1 aromatic heterocycles. The molecule has 0 saturated carbocycles. The summed E-state index contributed by atoms with van der Waals surface area (Å²) in [5.41, 5.74) is 15.7. The highest BCUT2D eigenvalue weighted by Gasteiger charge is 2.53. The molecule has 3 heteroatoms. The molecule has 0 N–H and O–H groups in total. The van der Waals surface area contributed by atoms with Gasteiger partial charge in [0.1, 0.15) is 11.9 Å². The fourth-order valence-corrected chi connectivity index (χ4v) is 9.18. The monoisotopic (exact) mass is 690 g/mol. The summed E-state index contributed by atoms with van der Waals surface area (Å²) in [5.74, 6) is 1.68. The van der Waals surface area contributed by atoms with Gasteiger partial charge in [0.2, 0.25) is 0 Å². The van der Waals surface area contributed by atoms with Crippen LogP contribution in [0, 0.1) is 0 Å². The molecule has 254 valence electrons. The third kappa shape index (κ3) is 4.48. The molecule has 3 nitrogen and oxygen atoms in total. The van der Waals surface area contributed by atoms with Crippen LogP contribution in [-0.4, -0.2) is 16.1 Å². The van der Waals surface area contributed by atoms with Crippen LogP contribution in [0.15, 0.2) is 194 Å². The molecule has 54 heavy (non-hydrogen) atoms. The van der Waals surface area contributed by atoms with Crippen molar-refractivity contribution in [3.8, 4) is 61.8 Å². The van der Waals surface area contributed by atoms with Crippen molar-refractivity contribution in [2.75, 3.05) is 0 Å². The molecule has 1 atom stereocenters. The Morgan fingerprint density at radius 3 is 1.83 bits per heavy atom. The van der Waals surface area contributed by atoms with E-state index in [9.17, 15) is 0 Å². The highest BCUT2D eigenvalue weighted by molar-refractivity contribution is 5.95. The van der Waals surface area contributed by atoms with Gasteiger partial charge >= 0.3 is 0 Å². The van der Waals surface area contributed by atoms with Crippen molar-refractivity contribution in [1.82, 2.24) is 9.97 Å². The average molecular weight is 691 g/mol. The number of rotatable bonds is 4. The number of aromatic nitrogens is 2. The first-order valence-corrected chi connectivity index (χ1v) is 18.7. The quantitative estimate of drug-likeness (QED) is 0.184. The van der Waals surface area contributed by atoms with Gasteiger partial charge in [0, 0.05) is 34.1 Å². The van der Waals surface area contributed by atoms with Gasteiger partial charge in [-0.05, 0) is 50.6 Å². The molecule has 0 radical (unpaired) electrons. The van der Waals surface area contributed by atoms with Crippen LogP contribution >= 0.6 is 0 Å². The molecular formula is C51H34N2O. The summed E-state index contributed by atoms with van der Waals surface area (Å²) in [7, 11) is 0. The zero-order chi connectivity index (χ0) is 35.6. The molecule has 8 aromatic rings. The summed E-state index contributed by atoms with van der Waals surface area (Å²) in [6.45, 7) is 0. The molecule has 7 aromatic carbocycles. The fourth-order valence-electron chi connectivity index (χ4n) is 9.18. The summed E-state index contributed by atoms with van der Waals surface area (Å²) >= 11 is 0. The lowest BCUT2D eigenvalue weighted by molar-refractivity contribution is 0.206. The highest BCUT2D eigenvalue weighted by atomic mass is 16.5. The summed E-state index contributed by atoms with van der Waals surface area (Å²) in [6, 6.07) is 60.6. The van der Waals surface area contributed by atoms with Crippen molar-refractivity contribution in [3.05, 3.63) is 210 Å². The number of ether oxygens (including phenoxy) is 1. The van der Waals surface area contributed by atoms with Crippen LogP contribution in [0.5, 0.6) is 5.75 Å². The van der Waals surface area contributed by atoms with Crippen LogP contribution in [0.1, 0.15) is 23.1 Å². The molecule has 0 fully saturated rings. The molecular weight excluding hydrogens is 657 g/mol. The van der Waals surface area contributed by atoms with Crippen molar-refractivity contribution >= 4 is 10.9 Å². The van der Waals surface area contributed by atoms with Crippen LogP contribution in [0.2, 0.25) is 0 Å². The van der Waals surface area contributed by atoms with E-state index in [0.29, 0.717) is 5.82 Å². The molecule has 0 saturated heterocycles. The van der Waals surface area contributed by atoms with Crippen LogP contribution < -0.4 is 4.74 Å². The second-order valence-corrected chi connectivity index (χ2v) is 14.3. The number of para-hydroxylation sites is 2. The van der Waals surface area contributed by atoms with E-state index in [2.05, 4.69) is 176 Å². The molecule has 1 spiro atoms. The Kier molecular flexibility index (Phi) is 6.90. The summed E-state index contributed by atoms with van der Waals surface area (Å²) in [5, 5.41) is 1.04. The number of allylic oxidation sites excluding steroid dienone is 2. The second kappa shape index (κ2) is 12.1. The van der Waals surface area contributed by atoms with E-state index in [-0.39, 0.29) is 6.10 Å². The van der Waals surface area contributed by atoms with Crippen molar-refractivity contribution < 1.29 is 4.74 Å². The van der Waals surface area contributed by atoms with E-state index < -0.39 is 5.41 Å². The first-order chi connectivity index (χ1) is 26.8. The Labute approximate surface area is 314 Å². The number of hydrogen-bond donors (Lipinski definition) is 0. The minimum Gasteiger partial charge on any atom is -0.485 e. The maximum atomic E-state index is 7.08. The minimum absolute atomic E-state index is 0.0586. The number of hydrogen-bond acceptors (Lipinski definition) is 3. The van der Waals surface area contributed by atoms with Crippen LogP contribution in [-0.2, 0) is 5.41 Å². The van der Waals surface area contributed by atoms with E-state index >= 15 is 0 Å². The van der Waals surface area contributed by atoms with Gasteiger partial charge < -0.3 is 4.74 Å². The van der Waals surface area contributed by atoms with Crippen molar-refractivity contribution in [2.45, 2.75) is 17.9 Å². The maximum Gasteiger partial charge on any atom is 0.161 e. The van der Waals surface area contributed by atoms with Crippen molar-refractivity contribution in [3.63, 3.8) is 0 Å². The molecule has 11 rings (SSSR count). The predicted molar refractivity (Wildman–Crippen MR) is 219 cm³/mol. The predicted octanol–water partition coefficient (Wildman–Crippen LogP) is 12.3. The van der Waals surface area contributed by atoms with Gasteiger partial charge in [-0.3, -0.25) is 0 Å². The Bertz CT molecular complexity index is 2790. The van der Waals surface area contributed by atoms with E-state index in [1.165, 1.54) is 33.4 Å². The van der Waals surface area contributed by atoms with Gasteiger partial charge in [-0.25, -0.2) is 9.97 Å². The molecule has 1 aliphatic heterocycles. The Hall–Kier alpha value is -6.84. The Morgan fingerprint density at radius 1 is 0.481 bits per heavy atom. The standard InChI is InChI=1S/C51H34N2O/c1-2-15-35(16-3-1)48-41-21-8-12-27-46(41)52-50(53-48)40-20-5-4-17-36(40)33-29-31-34(32-30-33)37-22-14-26-45-49(37)54-47-28-13-11-25-44(47)51(45)42-23-9-6-18-38(42)39-19-7-10-24-43(39)51/h1-27,29-32,47H,28H2. The molecule has 0 bridgehead atoms. The van der Waals surface area contributed by atoms with Crippen LogP contribution in [0.3, 0.4) is 0 Å².